The molecule has 1 fully saturated rings. The molecular formula is C17H24N4O2S2. The van der Waals surface area contributed by atoms with Crippen molar-refractivity contribution >= 4 is 45.0 Å². The van der Waals surface area contributed by atoms with Crippen LogP contribution < -0.4 is 10.2 Å². The number of carbonyl (C=O) groups excluding carboxylic acids is 1. The molecule has 1 aliphatic rings. The third kappa shape index (κ3) is 4.24. The molecule has 0 radical (unpaired) electrons. The van der Waals surface area contributed by atoms with Crippen molar-refractivity contribution in [1.82, 2.24) is 15.3 Å². The summed E-state index contributed by atoms with van der Waals surface area (Å²) < 4.78 is 5.08. The third-order valence-electron chi connectivity index (χ3n) is 4.21. The lowest BCUT2D eigenvalue weighted by Crippen LogP contribution is -2.35. The number of anilines is 1. The first-order valence-corrected chi connectivity index (χ1v) is 10.6. The minimum Gasteiger partial charge on any atom is -0.383 e. The minimum atomic E-state index is -0.0807. The average molecular weight is 381 g/mol. The van der Waals surface area contributed by atoms with E-state index in [0.717, 1.165) is 34.3 Å². The molecule has 3 rings (SSSR count). The van der Waals surface area contributed by atoms with E-state index in [4.69, 9.17) is 9.72 Å². The smallest absolute Gasteiger partial charge is 0.261 e. The number of hydrogen-bond donors (Lipinski definition) is 1. The molecule has 0 saturated carbocycles. The predicted octanol–water partition coefficient (Wildman–Crippen LogP) is 3.17. The second-order valence-corrected chi connectivity index (χ2v) is 8.04. The van der Waals surface area contributed by atoms with Crippen LogP contribution in [-0.2, 0) is 4.74 Å². The number of amides is 1. The van der Waals surface area contributed by atoms with E-state index in [2.05, 4.69) is 15.2 Å². The van der Waals surface area contributed by atoms with Gasteiger partial charge in [0.25, 0.3) is 5.91 Å². The highest BCUT2D eigenvalue weighted by molar-refractivity contribution is 7.98. The van der Waals surface area contributed by atoms with Crippen molar-refractivity contribution < 1.29 is 9.53 Å². The number of fused-ring (bicyclic) bond motifs is 1. The van der Waals surface area contributed by atoms with Gasteiger partial charge in [0.05, 0.1) is 16.9 Å². The van der Waals surface area contributed by atoms with Gasteiger partial charge in [0, 0.05) is 26.2 Å². The van der Waals surface area contributed by atoms with Crippen molar-refractivity contribution in [2.45, 2.75) is 37.4 Å². The fraction of sp³-hybridized carbons (Fsp3) is 0.588. The molecule has 3 heterocycles. The summed E-state index contributed by atoms with van der Waals surface area (Å²) in [6.45, 7) is 4.45. The zero-order valence-corrected chi connectivity index (χ0v) is 16.5. The molecule has 2 aromatic rings. The van der Waals surface area contributed by atoms with E-state index >= 15 is 0 Å². The Morgan fingerprint density at radius 2 is 2.16 bits per heavy atom. The van der Waals surface area contributed by atoms with E-state index in [0.29, 0.717) is 11.5 Å². The maximum Gasteiger partial charge on any atom is 0.261 e. The molecule has 1 aliphatic heterocycles. The summed E-state index contributed by atoms with van der Waals surface area (Å²) in [6.07, 6.45) is 5.63. The molecular weight excluding hydrogens is 356 g/mol. The Hall–Kier alpha value is -1.38. The highest BCUT2D eigenvalue weighted by atomic mass is 32.2. The first-order valence-electron chi connectivity index (χ1n) is 8.52. The number of aromatic nitrogens is 2. The normalized spacial score (nSPS) is 16.2. The monoisotopic (exact) mass is 380 g/mol. The summed E-state index contributed by atoms with van der Waals surface area (Å²) in [5, 5.41) is 4.70. The highest BCUT2D eigenvalue weighted by Crippen LogP contribution is 2.33. The molecule has 1 amide bonds. The average Bonchev–Trinajstić information content (AvgIpc) is 3.06. The molecule has 0 bridgehead atoms. The molecule has 25 heavy (non-hydrogen) atoms. The fourth-order valence-corrected chi connectivity index (χ4v) is 4.37. The van der Waals surface area contributed by atoms with E-state index in [-0.39, 0.29) is 11.9 Å². The van der Waals surface area contributed by atoms with Gasteiger partial charge in [-0.2, -0.15) is 0 Å². The lowest BCUT2D eigenvalue weighted by Gasteiger charge is -2.28. The van der Waals surface area contributed by atoms with Gasteiger partial charge in [0.15, 0.2) is 5.16 Å². The van der Waals surface area contributed by atoms with Crippen molar-refractivity contribution in [3.05, 3.63) is 10.9 Å². The maximum atomic E-state index is 12.5. The van der Waals surface area contributed by atoms with E-state index < -0.39 is 0 Å². The van der Waals surface area contributed by atoms with Gasteiger partial charge in [-0.05, 0) is 38.5 Å². The molecule has 0 spiro atoms. The summed E-state index contributed by atoms with van der Waals surface area (Å²) in [4.78, 5) is 25.7. The lowest BCUT2D eigenvalue weighted by molar-refractivity contribution is 0.0909. The van der Waals surface area contributed by atoms with Gasteiger partial charge >= 0.3 is 0 Å². The zero-order chi connectivity index (χ0) is 17.8. The van der Waals surface area contributed by atoms with Crippen molar-refractivity contribution in [2.75, 3.05) is 38.0 Å². The highest BCUT2D eigenvalue weighted by Gasteiger charge is 2.21. The number of rotatable bonds is 6. The standard InChI is InChI=1S/C17H24N4O2S2/c1-11(10-23-2)18-15(22)13-9-12-14(21-7-5-4-6-8-21)19-17(24-3)20-16(12)25-13/h9,11H,4-8,10H2,1-3H3,(H,18,22)/t11-/m0/s1. The number of nitrogens with zero attached hydrogens (tertiary/aromatic N) is 3. The van der Waals surface area contributed by atoms with Gasteiger partial charge in [0.2, 0.25) is 0 Å². The van der Waals surface area contributed by atoms with Gasteiger partial charge < -0.3 is 15.0 Å². The van der Waals surface area contributed by atoms with Gasteiger partial charge in [-0.3, -0.25) is 4.79 Å². The number of thiophene rings is 1. The van der Waals surface area contributed by atoms with Gasteiger partial charge in [-0.25, -0.2) is 9.97 Å². The molecule has 1 atom stereocenters. The first-order chi connectivity index (χ1) is 12.1. The second-order valence-electron chi connectivity index (χ2n) is 6.24. The fourth-order valence-electron chi connectivity index (χ4n) is 3.02. The molecule has 1 saturated heterocycles. The Kier molecular flexibility index (Phi) is 6.14. The summed E-state index contributed by atoms with van der Waals surface area (Å²) in [5.41, 5.74) is 0. The Bertz CT molecular complexity index is 744. The number of ether oxygens (including phenoxy) is 1. The Balaban J connectivity index is 1.93. The van der Waals surface area contributed by atoms with E-state index in [1.165, 1.54) is 42.4 Å². The van der Waals surface area contributed by atoms with E-state index in [9.17, 15) is 4.79 Å². The van der Waals surface area contributed by atoms with Crippen LogP contribution in [0.4, 0.5) is 5.82 Å². The number of nitrogens with one attached hydrogen (secondary N) is 1. The number of piperidine rings is 1. The van der Waals surface area contributed by atoms with Crippen LogP contribution in [-0.4, -0.2) is 55.0 Å². The van der Waals surface area contributed by atoms with Crippen molar-refractivity contribution in [3.8, 4) is 0 Å². The molecule has 6 nitrogen and oxygen atoms in total. The van der Waals surface area contributed by atoms with Crippen LogP contribution in [0.2, 0.25) is 0 Å². The second kappa shape index (κ2) is 8.33. The van der Waals surface area contributed by atoms with Crippen molar-refractivity contribution in [3.63, 3.8) is 0 Å². The summed E-state index contributed by atoms with van der Waals surface area (Å²) in [5.74, 6) is 0.886. The Labute approximate surface area is 156 Å². The quantitative estimate of drug-likeness (QED) is 0.613. The number of carbonyl (C=O) groups is 1. The maximum absolute atomic E-state index is 12.5. The number of hydrogen-bond acceptors (Lipinski definition) is 7. The number of methoxy groups -OCH3 is 1. The molecule has 1 N–H and O–H groups in total. The van der Waals surface area contributed by atoms with Crippen LogP contribution in [0.5, 0.6) is 0 Å². The largest absolute Gasteiger partial charge is 0.383 e. The predicted molar refractivity (Wildman–Crippen MR) is 104 cm³/mol. The summed E-state index contributed by atoms with van der Waals surface area (Å²) in [6, 6.07) is 1.90. The van der Waals surface area contributed by atoms with Gasteiger partial charge in [0.1, 0.15) is 10.6 Å². The molecule has 0 aromatic carbocycles. The first kappa shape index (κ1) is 18.4. The Morgan fingerprint density at radius 3 is 2.84 bits per heavy atom. The third-order valence-corrected chi connectivity index (χ3v) is 5.78. The van der Waals surface area contributed by atoms with Crippen LogP contribution in [0, 0.1) is 0 Å². The van der Waals surface area contributed by atoms with Crippen LogP contribution >= 0.6 is 23.1 Å². The van der Waals surface area contributed by atoms with Crippen molar-refractivity contribution in [2.24, 2.45) is 0 Å². The van der Waals surface area contributed by atoms with Crippen LogP contribution in [0.15, 0.2) is 11.2 Å². The molecule has 2 aromatic heterocycles. The van der Waals surface area contributed by atoms with Crippen molar-refractivity contribution in [1.29, 1.82) is 0 Å². The topological polar surface area (TPSA) is 67.3 Å². The van der Waals surface area contributed by atoms with E-state index in [1.54, 1.807) is 7.11 Å². The lowest BCUT2D eigenvalue weighted by atomic mass is 10.1. The minimum absolute atomic E-state index is 0.0304. The van der Waals surface area contributed by atoms with Crippen LogP contribution in [0.3, 0.4) is 0 Å². The summed E-state index contributed by atoms with van der Waals surface area (Å²) in [7, 11) is 1.63. The Morgan fingerprint density at radius 1 is 1.40 bits per heavy atom. The summed E-state index contributed by atoms with van der Waals surface area (Å²) >= 11 is 2.97. The molecule has 0 aliphatic carbocycles. The zero-order valence-electron chi connectivity index (χ0n) is 14.9. The molecule has 136 valence electrons. The van der Waals surface area contributed by atoms with Crippen LogP contribution in [0.25, 0.3) is 10.2 Å². The van der Waals surface area contributed by atoms with E-state index in [1.807, 2.05) is 19.2 Å². The molecule has 0 unspecified atom stereocenters. The van der Waals surface area contributed by atoms with Gasteiger partial charge in [-0.15, -0.1) is 11.3 Å². The van der Waals surface area contributed by atoms with Crippen LogP contribution in [0.1, 0.15) is 35.9 Å². The van der Waals surface area contributed by atoms with Gasteiger partial charge in [-0.1, -0.05) is 11.8 Å². The molecule has 8 heteroatoms. The number of thioether (sulfide) groups is 1. The SMILES string of the molecule is COC[C@H](C)NC(=O)c1cc2c(N3CCCCC3)nc(SC)nc2s1.